The van der Waals surface area contributed by atoms with E-state index in [1.165, 1.54) is 24.3 Å². The van der Waals surface area contributed by atoms with E-state index < -0.39 is 63.5 Å². The minimum Gasteiger partial charge on any atom is -0.463 e. The van der Waals surface area contributed by atoms with Crippen molar-refractivity contribution in [1.29, 1.82) is 0 Å². The van der Waals surface area contributed by atoms with Crippen LogP contribution in [0.2, 0.25) is 0 Å². The lowest BCUT2D eigenvalue weighted by atomic mass is 9.41. The van der Waals surface area contributed by atoms with Crippen LogP contribution in [0.4, 0.5) is 13.2 Å². The van der Waals surface area contributed by atoms with Crippen LogP contribution in [0.1, 0.15) is 71.8 Å². The van der Waals surface area contributed by atoms with Crippen molar-refractivity contribution in [2.24, 2.45) is 28.6 Å². The van der Waals surface area contributed by atoms with Crippen molar-refractivity contribution in [3.05, 3.63) is 35.9 Å². The quantitative estimate of drug-likeness (QED) is 0.507. The molecule has 2 aliphatic heterocycles. The number of methoxy groups -OCH3 is 1. The van der Waals surface area contributed by atoms with Gasteiger partial charge in [-0.3, -0.25) is 9.59 Å². The van der Waals surface area contributed by atoms with Crippen molar-refractivity contribution < 1.29 is 42.1 Å². The Bertz CT molecular complexity index is 1140. The fraction of sp³-hybridized carbons (Fsp3) is 0.733. The Labute approximate surface area is 227 Å². The number of fused-ring (bicyclic) bond motifs is 2. The molecule has 2 saturated heterocycles. The molecule has 2 aliphatic carbocycles. The summed E-state index contributed by atoms with van der Waals surface area (Å²) in [5, 5.41) is 12.0. The number of rotatable bonds is 4. The lowest BCUT2D eigenvalue weighted by molar-refractivity contribution is -0.296. The number of cyclic esters (lactones) is 1. The highest BCUT2D eigenvalue weighted by atomic mass is 19.4. The Morgan fingerprint density at radius 2 is 1.74 bits per heavy atom. The number of benzene rings is 1. The molecule has 0 unspecified atom stereocenters. The van der Waals surface area contributed by atoms with Crippen LogP contribution in [0, 0.1) is 28.6 Å². The Balaban J connectivity index is 1.69. The van der Waals surface area contributed by atoms with E-state index in [0.717, 1.165) is 20.0 Å². The zero-order valence-corrected chi connectivity index (χ0v) is 23.3. The summed E-state index contributed by atoms with van der Waals surface area (Å²) in [5.41, 5.74) is -6.61. The maximum absolute atomic E-state index is 15.0. The first-order valence-corrected chi connectivity index (χ1v) is 13.9. The van der Waals surface area contributed by atoms with Crippen LogP contribution in [0.25, 0.3) is 0 Å². The standard InChI is InChI=1S/C30H39F3O6/c1-18-21(24(36)29(37-5,30(31,32)33)19-10-7-6-8-11-19)22(35)23-25(2,3)12-9-13-26(23,4)28(18)15-14-27(39-28)16-20(34)38-17-27/h6-8,10-11,18,21-23,35H,9,12-17H2,1-5H3/t18-,21+,22+,23-,26-,27+,28+,29+/m0/s1. The van der Waals surface area contributed by atoms with Crippen molar-refractivity contribution in [2.45, 2.75) is 95.3 Å². The summed E-state index contributed by atoms with van der Waals surface area (Å²) >= 11 is 0. The van der Waals surface area contributed by atoms with Crippen LogP contribution in [0.15, 0.2) is 30.3 Å². The third-order valence-corrected chi connectivity index (χ3v) is 10.8. The second kappa shape index (κ2) is 9.02. The molecule has 0 amide bonds. The molecule has 2 heterocycles. The minimum absolute atomic E-state index is 0.0708. The van der Waals surface area contributed by atoms with Crippen molar-refractivity contribution in [2.75, 3.05) is 13.7 Å². The highest BCUT2D eigenvalue weighted by molar-refractivity contribution is 5.92. The monoisotopic (exact) mass is 552 g/mol. The predicted octanol–water partition coefficient (Wildman–Crippen LogP) is 5.35. The van der Waals surface area contributed by atoms with Gasteiger partial charge in [0.2, 0.25) is 5.60 Å². The molecule has 4 aliphatic rings. The normalized spacial score (nSPS) is 41.3. The van der Waals surface area contributed by atoms with Gasteiger partial charge < -0.3 is 19.3 Å². The topological polar surface area (TPSA) is 82.1 Å². The predicted molar refractivity (Wildman–Crippen MR) is 135 cm³/mol. The number of esters is 1. The fourth-order valence-electron chi connectivity index (χ4n) is 9.21. The molecule has 0 radical (unpaired) electrons. The van der Waals surface area contributed by atoms with Crippen LogP contribution in [0.5, 0.6) is 0 Å². The largest absolute Gasteiger partial charge is 0.463 e. The SMILES string of the molecule is CO[C@@](C(=O)[C@H]1[C@@H](O)[C@H]2C(C)(C)CCC[C@]2(C)[C@@]2(CC[C@@]3(COC(=O)C3)O2)[C@H]1C)(c1ccccc1)C(F)(F)F. The van der Waals surface area contributed by atoms with E-state index in [4.69, 9.17) is 14.2 Å². The third-order valence-electron chi connectivity index (χ3n) is 10.8. The summed E-state index contributed by atoms with van der Waals surface area (Å²) < 4.78 is 62.5. The van der Waals surface area contributed by atoms with Gasteiger partial charge in [0.1, 0.15) is 12.2 Å². The number of aliphatic hydroxyl groups excluding tert-OH is 1. The summed E-state index contributed by atoms with van der Waals surface area (Å²) in [7, 11) is 0.894. The molecule has 6 nitrogen and oxygen atoms in total. The molecular weight excluding hydrogens is 513 g/mol. The number of alkyl halides is 3. The number of ketones is 1. The first-order valence-electron chi connectivity index (χ1n) is 13.9. The summed E-state index contributed by atoms with van der Waals surface area (Å²) in [4.78, 5) is 26.6. The molecule has 2 saturated carbocycles. The number of hydrogen-bond donors (Lipinski definition) is 1. The van der Waals surface area contributed by atoms with E-state index >= 15 is 13.2 Å². The van der Waals surface area contributed by atoms with Crippen molar-refractivity contribution >= 4 is 11.8 Å². The number of hydrogen-bond acceptors (Lipinski definition) is 6. The molecule has 39 heavy (non-hydrogen) atoms. The third kappa shape index (κ3) is 3.78. The van der Waals surface area contributed by atoms with Gasteiger partial charge in [-0.2, -0.15) is 13.2 Å². The molecule has 216 valence electrons. The van der Waals surface area contributed by atoms with Gasteiger partial charge in [0.25, 0.3) is 0 Å². The minimum atomic E-state index is -5.08. The summed E-state index contributed by atoms with van der Waals surface area (Å²) in [6, 6.07) is 6.92. The van der Waals surface area contributed by atoms with E-state index in [-0.39, 0.29) is 24.6 Å². The second-order valence-corrected chi connectivity index (χ2v) is 13.2. The first-order chi connectivity index (χ1) is 18.1. The smallest absolute Gasteiger partial charge is 0.428 e. The molecule has 1 N–H and O–H groups in total. The van der Waals surface area contributed by atoms with Gasteiger partial charge in [0.05, 0.1) is 24.0 Å². The molecule has 8 atom stereocenters. The van der Waals surface area contributed by atoms with Gasteiger partial charge in [0, 0.05) is 18.1 Å². The van der Waals surface area contributed by atoms with E-state index in [1.807, 2.05) is 13.8 Å². The Kier molecular flexibility index (Phi) is 6.60. The van der Waals surface area contributed by atoms with Crippen LogP contribution in [-0.2, 0) is 29.4 Å². The van der Waals surface area contributed by atoms with Gasteiger partial charge >= 0.3 is 12.1 Å². The summed E-state index contributed by atoms with van der Waals surface area (Å²) in [6.07, 6.45) is -3.09. The molecule has 4 fully saturated rings. The number of halogens is 3. The first kappa shape index (κ1) is 28.6. The average Bonchev–Trinajstić information content (AvgIpc) is 3.41. The number of Topliss-reactive ketones (excluding diaryl/α,β-unsaturated/α-hetero) is 1. The number of ether oxygens (including phenoxy) is 3. The highest BCUT2D eigenvalue weighted by Gasteiger charge is 2.75. The Hall–Kier alpha value is -1.97. The molecular formula is C30H39F3O6. The molecule has 0 bridgehead atoms. The molecule has 1 aromatic carbocycles. The molecule has 9 heteroatoms. The fourth-order valence-corrected chi connectivity index (χ4v) is 9.21. The van der Waals surface area contributed by atoms with E-state index in [2.05, 4.69) is 6.92 Å². The van der Waals surface area contributed by atoms with Gasteiger partial charge in [0.15, 0.2) is 5.78 Å². The van der Waals surface area contributed by atoms with Crippen LogP contribution in [-0.4, -0.2) is 54.1 Å². The summed E-state index contributed by atoms with van der Waals surface area (Å²) in [5.74, 6) is -4.31. The summed E-state index contributed by atoms with van der Waals surface area (Å²) in [6.45, 7) is 7.90. The van der Waals surface area contributed by atoms with Crippen LogP contribution in [0.3, 0.4) is 0 Å². The number of carbonyl (C=O) groups is 2. The zero-order valence-electron chi connectivity index (χ0n) is 23.3. The van der Waals surface area contributed by atoms with E-state index in [0.29, 0.717) is 19.3 Å². The van der Waals surface area contributed by atoms with Crippen molar-refractivity contribution in [1.82, 2.24) is 0 Å². The van der Waals surface area contributed by atoms with Gasteiger partial charge in [-0.15, -0.1) is 0 Å². The maximum atomic E-state index is 15.0. The van der Waals surface area contributed by atoms with Gasteiger partial charge in [-0.1, -0.05) is 64.4 Å². The Morgan fingerprint density at radius 1 is 1.08 bits per heavy atom. The average molecular weight is 553 g/mol. The molecule has 2 spiro atoms. The van der Waals surface area contributed by atoms with E-state index in [1.54, 1.807) is 13.0 Å². The van der Waals surface area contributed by atoms with Crippen molar-refractivity contribution in [3.8, 4) is 0 Å². The highest BCUT2D eigenvalue weighted by Crippen LogP contribution is 2.70. The van der Waals surface area contributed by atoms with Crippen LogP contribution < -0.4 is 0 Å². The lowest BCUT2D eigenvalue weighted by Gasteiger charge is -2.67. The van der Waals surface area contributed by atoms with Crippen LogP contribution >= 0.6 is 0 Å². The van der Waals surface area contributed by atoms with E-state index in [9.17, 15) is 14.7 Å². The maximum Gasteiger partial charge on any atom is 0.428 e. The molecule has 0 aromatic heterocycles. The van der Waals surface area contributed by atoms with Gasteiger partial charge in [-0.05, 0) is 42.9 Å². The zero-order chi connectivity index (χ0) is 28.6. The Morgan fingerprint density at radius 3 is 2.31 bits per heavy atom. The number of aliphatic hydroxyl groups is 1. The van der Waals surface area contributed by atoms with Gasteiger partial charge in [-0.25, -0.2) is 0 Å². The molecule has 1 aromatic rings. The number of carbonyl (C=O) groups excluding carboxylic acids is 2. The van der Waals surface area contributed by atoms with Crippen molar-refractivity contribution in [3.63, 3.8) is 0 Å². The second-order valence-electron chi connectivity index (χ2n) is 13.2. The lowest BCUT2D eigenvalue weighted by Crippen LogP contribution is -2.72. The molecule has 5 rings (SSSR count).